The quantitative estimate of drug-likeness (QED) is 0.715. The third kappa shape index (κ3) is 1.34. The Bertz CT molecular complexity index is 669. The zero-order valence-corrected chi connectivity index (χ0v) is 9.93. The SMILES string of the molecule is C1=CC=C2C=C3c4ccccc4NC3C=C2C=C1. The Balaban J connectivity index is 1.89. The highest BCUT2D eigenvalue weighted by Gasteiger charge is 2.27. The van der Waals surface area contributed by atoms with Gasteiger partial charge in [-0.25, -0.2) is 0 Å². The minimum atomic E-state index is 0.317. The first-order valence-electron chi connectivity index (χ1n) is 6.26. The Hall–Kier alpha value is -2.28. The normalized spacial score (nSPS) is 22.9. The molecule has 3 aliphatic rings. The minimum absolute atomic E-state index is 0.317. The molecule has 0 fully saturated rings. The van der Waals surface area contributed by atoms with Gasteiger partial charge in [0.2, 0.25) is 0 Å². The van der Waals surface area contributed by atoms with Crippen molar-refractivity contribution in [2.45, 2.75) is 6.04 Å². The molecule has 0 amide bonds. The van der Waals surface area contributed by atoms with Gasteiger partial charge in [-0.05, 0) is 28.9 Å². The van der Waals surface area contributed by atoms with Gasteiger partial charge < -0.3 is 5.32 Å². The molecule has 4 rings (SSSR count). The van der Waals surface area contributed by atoms with Crippen LogP contribution in [0.4, 0.5) is 5.69 Å². The monoisotopic (exact) mass is 231 g/mol. The molecule has 1 aliphatic heterocycles. The average Bonchev–Trinajstić information content (AvgIpc) is 2.59. The first kappa shape index (κ1) is 9.72. The number of hydrogen-bond donors (Lipinski definition) is 1. The molecule has 0 saturated heterocycles. The zero-order valence-electron chi connectivity index (χ0n) is 9.93. The van der Waals surface area contributed by atoms with Crippen LogP contribution in [-0.2, 0) is 0 Å². The lowest BCUT2D eigenvalue weighted by molar-refractivity contribution is 1.15. The Morgan fingerprint density at radius 2 is 1.89 bits per heavy atom. The second kappa shape index (κ2) is 3.61. The molecule has 1 heteroatoms. The lowest BCUT2D eigenvalue weighted by atomic mass is 9.89. The number of fused-ring (bicyclic) bond motifs is 4. The maximum absolute atomic E-state index is 3.56. The molecule has 0 bridgehead atoms. The third-order valence-electron chi connectivity index (χ3n) is 3.65. The fraction of sp³-hybridized carbons (Fsp3) is 0.0588. The number of hydrogen-bond acceptors (Lipinski definition) is 1. The van der Waals surface area contributed by atoms with E-state index in [1.54, 1.807) is 0 Å². The Labute approximate surface area is 107 Å². The van der Waals surface area contributed by atoms with Crippen LogP contribution in [0.25, 0.3) is 5.57 Å². The summed E-state index contributed by atoms with van der Waals surface area (Å²) >= 11 is 0. The maximum atomic E-state index is 3.56. The summed E-state index contributed by atoms with van der Waals surface area (Å²) in [6.45, 7) is 0. The number of anilines is 1. The van der Waals surface area contributed by atoms with Crippen LogP contribution in [0.15, 0.2) is 77.9 Å². The van der Waals surface area contributed by atoms with Gasteiger partial charge in [-0.2, -0.15) is 0 Å². The molecule has 0 aromatic heterocycles. The fourth-order valence-corrected chi connectivity index (χ4v) is 2.78. The van der Waals surface area contributed by atoms with Crippen LogP contribution in [0.1, 0.15) is 5.56 Å². The molecule has 86 valence electrons. The smallest absolute Gasteiger partial charge is 0.0713 e. The van der Waals surface area contributed by atoms with Crippen LogP contribution in [-0.4, -0.2) is 6.04 Å². The summed E-state index contributed by atoms with van der Waals surface area (Å²) in [5.41, 5.74) is 6.54. The van der Waals surface area contributed by atoms with Crippen molar-refractivity contribution in [3.8, 4) is 0 Å². The van der Waals surface area contributed by atoms with E-state index in [-0.39, 0.29) is 0 Å². The molecule has 1 nitrogen and oxygen atoms in total. The van der Waals surface area contributed by atoms with Gasteiger partial charge in [-0.15, -0.1) is 0 Å². The van der Waals surface area contributed by atoms with Crippen molar-refractivity contribution in [3.05, 3.63) is 83.5 Å². The lowest BCUT2D eigenvalue weighted by Gasteiger charge is -2.18. The van der Waals surface area contributed by atoms with E-state index in [0.29, 0.717) is 6.04 Å². The number of rotatable bonds is 0. The van der Waals surface area contributed by atoms with Crippen LogP contribution < -0.4 is 5.32 Å². The van der Waals surface area contributed by atoms with Gasteiger partial charge in [-0.3, -0.25) is 0 Å². The highest BCUT2D eigenvalue weighted by Crippen LogP contribution is 2.40. The number of nitrogens with one attached hydrogen (secondary N) is 1. The van der Waals surface area contributed by atoms with Crippen molar-refractivity contribution in [2.24, 2.45) is 0 Å². The number of allylic oxidation sites excluding steroid dienone is 8. The predicted molar refractivity (Wildman–Crippen MR) is 76.3 cm³/mol. The second-order valence-corrected chi connectivity index (χ2v) is 4.76. The standard InChI is InChI=1S/C17H13N/c1-2-6-12-10-15-14-8-4-5-9-16(14)18-17(15)11-13(12)7-3-1/h1-11,17-18H. The van der Waals surface area contributed by atoms with Crippen LogP contribution in [0, 0.1) is 0 Å². The van der Waals surface area contributed by atoms with E-state index in [1.165, 1.54) is 28.0 Å². The van der Waals surface area contributed by atoms with Crippen molar-refractivity contribution in [2.75, 3.05) is 5.32 Å². The minimum Gasteiger partial charge on any atom is -0.374 e. The number of benzene rings is 1. The van der Waals surface area contributed by atoms with Crippen LogP contribution in [0.3, 0.4) is 0 Å². The summed E-state index contributed by atoms with van der Waals surface area (Å²) in [4.78, 5) is 0. The van der Waals surface area contributed by atoms with Gasteiger partial charge in [0.25, 0.3) is 0 Å². The maximum Gasteiger partial charge on any atom is 0.0713 e. The van der Waals surface area contributed by atoms with Crippen molar-refractivity contribution < 1.29 is 0 Å². The van der Waals surface area contributed by atoms with Crippen molar-refractivity contribution in [3.63, 3.8) is 0 Å². The molecule has 0 saturated carbocycles. The Morgan fingerprint density at radius 1 is 0.944 bits per heavy atom. The Kier molecular flexibility index (Phi) is 1.95. The summed E-state index contributed by atoms with van der Waals surface area (Å²) in [6.07, 6.45) is 15.2. The molecule has 1 unspecified atom stereocenters. The molecule has 1 heterocycles. The van der Waals surface area contributed by atoms with Gasteiger partial charge >= 0.3 is 0 Å². The highest BCUT2D eigenvalue weighted by molar-refractivity contribution is 5.91. The molecular weight excluding hydrogens is 218 g/mol. The largest absolute Gasteiger partial charge is 0.374 e. The fourth-order valence-electron chi connectivity index (χ4n) is 2.78. The molecule has 2 aliphatic carbocycles. The van der Waals surface area contributed by atoms with E-state index in [0.717, 1.165) is 0 Å². The lowest BCUT2D eigenvalue weighted by Crippen LogP contribution is -2.15. The topological polar surface area (TPSA) is 12.0 Å². The average molecular weight is 231 g/mol. The molecule has 1 aromatic rings. The van der Waals surface area contributed by atoms with Gasteiger partial charge in [0.15, 0.2) is 0 Å². The number of para-hydroxylation sites is 1. The molecule has 1 atom stereocenters. The van der Waals surface area contributed by atoms with E-state index < -0.39 is 0 Å². The third-order valence-corrected chi connectivity index (χ3v) is 3.65. The summed E-state index contributed by atoms with van der Waals surface area (Å²) in [5, 5.41) is 3.56. The molecule has 1 aromatic carbocycles. The van der Waals surface area contributed by atoms with Crippen molar-refractivity contribution in [1.82, 2.24) is 0 Å². The molecule has 0 spiro atoms. The summed E-state index contributed by atoms with van der Waals surface area (Å²) in [6, 6.07) is 8.83. The van der Waals surface area contributed by atoms with E-state index in [4.69, 9.17) is 0 Å². The van der Waals surface area contributed by atoms with E-state index >= 15 is 0 Å². The zero-order chi connectivity index (χ0) is 11.9. The summed E-state index contributed by atoms with van der Waals surface area (Å²) in [5.74, 6) is 0. The van der Waals surface area contributed by atoms with Gasteiger partial charge in [-0.1, -0.05) is 54.7 Å². The predicted octanol–water partition coefficient (Wildman–Crippen LogP) is 3.86. The molecule has 0 radical (unpaired) electrons. The van der Waals surface area contributed by atoms with E-state index in [9.17, 15) is 0 Å². The van der Waals surface area contributed by atoms with E-state index in [1.807, 2.05) is 0 Å². The van der Waals surface area contributed by atoms with Gasteiger partial charge in [0.05, 0.1) is 6.04 Å². The van der Waals surface area contributed by atoms with Crippen molar-refractivity contribution in [1.29, 1.82) is 0 Å². The first-order valence-corrected chi connectivity index (χ1v) is 6.26. The van der Waals surface area contributed by atoms with Crippen LogP contribution in [0.2, 0.25) is 0 Å². The Morgan fingerprint density at radius 3 is 2.89 bits per heavy atom. The van der Waals surface area contributed by atoms with Gasteiger partial charge in [0.1, 0.15) is 0 Å². The highest BCUT2D eigenvalue weighted by atomic mass is 15.0. The molecule has 1 N–H and O–H groups in total. The molecular formula is C17H13N. The first-order chi connectivity index (χ1) is 8.92. The summed E-state index contributed by atoms with van der Waals surface area (Å²) < 4.78 is 0. The molecule has 18 heavy (non-hydrogen) atoms. The van der Waals surface area contributed by atoms with Crippen LogP contribution >= 0.6 is 0 Å². The second-order valence-electron chi connectivity index (χ2n) is 4.76. The van der Waals surface area contributed by atoms with E-state index in [2.05, 4.69) is 72.1 Å². The van der Waals surface area contributed by atoms with Crippen LogP contribution in [0.5, 0.6) is 0 Å². The summed E-state index contributed by atoms with van der Waals surface area (Å²) in [7, 11) is 0. The van der Waals surface area contributed by atoms with Gasteiger partial charge in [0, 0.05) is 11.3 Å². The van der Waals surface area contributed by atoms with Crippen molar-refractivity contribution >= 4 is 11.3 Å².